The molecule has 0 aliphatic carbocycles. The van der Waals surface area contributed by atoms with Crippen LogP contribution in [0, 0.1) is 5.82 Å². The number of halogens is 1. The van der Waals surface area contributed by atoms with E-state index in [2.05, 4.69) is 20.8 Å². The fourth-order valence-corrected chi connectivity index (χ4v) is 1.78. The van der Waals surface area contributed by atoms with Gasteiger partial charge < -0.3 is 10.4 Å². The van der Waals surface area contributed by atoms with Crippen molar-refractivity contribution in [3.8, 4) is 0 Å². The molecular formula is C15H13FN4O3. The number of amides is 2. The summed E-state index contributed by atoms with van der Waals surface area (Å²) < 4.78 is 13.0. The number of nitrogens with one attached hydrogen (secondary N) is 2. The van der Waals surface area contributed by atoms with E-state index in [1.807, 2.05) is 0 Å². The van der Waals surface area contributed by atoms with Gasteiger partial charge in [0.2, 0.25) is 0 Å². The molecule has 1 heterocycles. The highest BCUT2D eigenvalue weighted by Crippen LogP contribution is 2.09. The lowest BCUT2D eigenvalue weighted by atomic mass is 10.1. The van der Waals surface area contributed by atoms with Crippen LogP contribution in [-0.4, -0.2) is 27.8 Å². The maximum absolute atomic E-state index is 13.0. The van der Waals surface area contributed by atoms with E-state index in [0.717, 1.165) is 6.07 Å². The van der Waals surface area contributed by atoms with Crippen molar-refractivity contribution in [3.63, 3.8) is 0 Å². The normalized spacial score (nSPS) is 11.0. The van der Waals surface area contributed by atoms with Crippen LogP contribution in [0.5, 0.6) is 0 Å². The van der Waals surface area contributed by atoms with Crippen molar-refractivity contribution in [1.82, 2.24) is 10.4 Å². The minimum Gasteiger partial charge on any atom is -0.478 e. The van der Waals surface area contributed by atoms with E-state index >= 15 is 0 Å². The summed E-state index contributed by atoms with van der Waals surface area (Å²) in [7, 11) is 0. The van der Waals surface area contributed by atoms with Crippen LogP contribution in [0.3, 0.4) is 0 Å². The standard InChI is InChI=1S/C15H13FN4O3/c1-9(13-12(14(21)22)6-3-7-17-13)19-20-15(23)18-11-5-2-4-10(16)8-11/h2-8H,1H3,(H,21,22)(H2,18,20,23). The fourth-order valence-electron chi connectivity index (χ4n) is 1.78. The van der Waals surface area contributed by atoms with Crippen LogP contribution in [0.25, 0.3) is 0 Å². The first-order valence-corrected chi connectivity index (χ1v) is 6.53. The topological polar surface area (TPSA) is 104 Å². The van der Waals surface area contributed by atoms with E-state index in [1.54, 1.807) is 0 Å². The Morgan fingerprint density at radius 3 is 2.74 bits per heavy atom. The molecule has 0 saturated carbocycles. The first kappa shape index (κ1) is 16.1. The third-order valence-corrected chi connectivity index (χ3v) is 2.79. The van der Waals surface area contributed by atoms with Crippen LogP contribution < -0.4 is 10.7 Å². The molecule has 0 aliphatic rings. The zero-order valence-corrected chi connectivity index (χ0v) is 12.1. The zero-order valence-electron chi connectivity index (χ0n) is 12.1. The van der Waals surface area contributed by atoms with Gasteiger partial charge in [-0.1, -0.05) is 6.07 Å². The molecule has 0 bridgehead atoms. The average Bonchev–Trinajstić information content (AvgIpc) is 2.52. The van der Waals surface area contributed by atoms with Crippen LogP contribution in [0.4, 0.5) is 14.9 Å². The van der Waals surface area contributed by atoms with Gasteiger partial charge >= 0.3 is 12.0 Å². The second-order valence-electron chi connectivity index (χ2n) is 4.48. The number of hydrogen-bond donors (Lipinski definition) is 3. The number of carbonyl (C=O) groups excluding carboxylic acids is 1. The van der Waals surface area contributed by atoms with E-state index in [0.29, 0.717) is 0 Å². The quantitative estimate of drug-likeness (QED) is 0.595. The molecule has 2 amide bonds. The van der Waals surface area contributed by atoms with Crippen LogP contribution in [0.1, 0.15) is 23.0 Å². The highest BCUT2D eigenvalue weighted by atomic mass is 19.1. The highest BCUT2D eigenvalue weighted by Gasteiger charge is 2.13. The smallest absolute Gasteiger partial charge is 0.339 e. The molecule has 118 valence electrons. The Balaban J connectivity index is 2.08. The lowest BCUT2D eigenvalue weighted by Gasteiger charge is -2.06. The number of hydrogen-bond acceptors (Lipinski definition) is 4. The molecule has 0 atom stereocenters. The Kier molecular flexibility index (Phi) is 4.98. The summed E-state index contributed by atoms with van der Waals surface area (Å²) in [4.78, 5) is 26.7. The Labute approximate surface area is 130 Å². The van der Waals surface area contributed by atoms with Gasteiger partial charge in [0, 0.05) is 11.9 Å². The molecule has 0 fully saturated rings. The summed E-state index contributed by atoms with van der Waals surface area (Å²) >= 11 is 0. The number of hydrazone groups is 1. The highest BCUT2D eigenvalue weighted by molar-refractivity contribution is 6.06. The van der Waals surface area contributed by atoms with Crippen LogP contribution >= 0.6 is 0 Å². The number of carbonyl (C=O) groups is 2. The summed E-state index contributed by atoms with van der Waals surface area (Å²) in [6.45, 7) is 1.51. The number of pyridine rings is 1. The molecule has 1 aromatic carbocycles. The third kappa shape index (κ3) is 4.34. The molecule has 1 aromatic heterocycles. The van der Waals surface area contributed by atoms with Crippen molar-refractivity contribution < 1.29 is 19.1 Å². The molecule has 0 radical (unpaired) electrons. The Morgan fingerprint density at radius 2 is 2.04 bits per heavy atom. The second-order valence-corrected chi connectivity index (χ2v) is 4.48. The molecule has 0 spiro atoms. The van der Waals surface area contributed by atoms with Crippen LogP contribution in [-0.2, 0) is 0 Å². The maximum Gasteiger partial charge on any atom is 0.339 e. The predicted molar refractivity (Wildman–Crippen MR) is 82.0 cm³/mol. The molecule has 7 nitrogen and oxygen atoms in total. The maximum atomic E-state index is 13.0. The molecule has 3 N–H and O–H groups in total. The Bertz CT molecular complexity index is 777. The van der Waals surface area contributed by atoms with Crippen molar-refractivity contribution in [1.29, 1.82) is 0 Å². The van der Waals surface area contributed by atoms with Gasteiger partial charge in [0.15, 0.2) is 0 Å². The predicted octanol–water partition coefficient (Wildman–Crippen LogP) is 2.46. The second kappa shape index (κ2) is 7.12. The van der Waals surface area contributed by atoms with Gasteiger partial charge in [-0.2, -0.15) is 5.10 Å². The van der Waals surface area contributed by atoms with Gasteiger partial charge in [-0.25, -0.2) is 19.4 Å². The molecule has 8 heteroatoms. The van der Waals surface area contributed by atoms with Gasteiger partial charge in [0.1, 0.15) is 11.5 Å². The minimum absolute atomic E-state index is 0.0268. The number of benzene rings is 1. The van der Waals surface area contributed by atoms with Gasteiger partial charge in [0.25, 0.3) is 0 Å². The molecule has 23 heavy (non-hydrogen) atoms. The van der Waals surface area contributed by atoms with Crippen molar-refractivity contribution >= 4 is 23.4 Å². The lowest BCUT2D eigenvalue weighted by molar-refractivity contribution is 0.0696. The molecule has 0 aliphatic heterocycles. The van der Waals surface area contributed by atoms with Crippen molar-refractivity contribution in [2.75, 3.05) is 5.32 Å². The Morgan fingerprint density at radius 1 is 1.26 bits per heavy atom. The molecular weight excluding hydrogens is 303 g/mol. The van der Waals surface area contributed by atoms with Crippen LogP contribution in [0.15, 0.2) is 47.7 Å². The first-order valence-electron chi connectivity index (χ1n) is 6.53. The molecule has 2 aromatic rings. The lowest BCUT2D eigenvalue weighted by Crippen LogP contribution is -2.25. The number of aromatic nitrogens is 1. The zero-order chi connectivity index (χ0) is 16.8. The summed E-state index contributed by atoms with van der Waals surface area (Å²) in [6, 6.07) is 7.55. The summed E-state index contributed by atoms with van der Waals surface area (Å²) in [5, 5.41) is 15.3. The van der Waals surface area contributed by atoms with Gasteiger partial charge in [-0.15, -0.1) is 0 Å². The Hall–Kier alpha value is -3.29. The number of aromatic carboxylic acids is 1. The van der Waals surface area contributed by atoms with E-state index < -0.39 is 17.8 Å². The monoisotopic (exact) mass is 316 g/mol. The molecule has 0 unspecified atom stereocenters. The van der Waals surface area contributed by atoms with Gasteiger partial charge in [-0.3, -0.25) is 4.98 Å². The van der Waals surface area contributed by atoms with E-state index in [4.69, 9.17) is 5.11 Å². The third-order valence-electron chi connectivity index (χ3n) is 2.79. The summed E-state index contributed by atoms with van der Waals surface area (Å²) in [6.07, 6.45) is 1.42. The number of nitrogens with zero attached hydrogens (tertiary/aromatic N) is 2. The molecule has 0 saturated heterocycles. The van der Waals surface area contributed by atoms with E-state index in [-0.39, 0.29) is 22.7 Å². The number of carboxylic acid groups (broad SMARTS) is 1. The number of urea groups is 1. The summed E-state index contributed by atoms with van der Waals surface area (Å²) in [5.41, 5.74) is 2.80. The SMILES string of the molecule is CC(=NNC(=O)Nc1cccc(F)c1)c1ncccc1C(=O)O. The average molecular weight is 316 g/mol. The van der Waals surface area contributed by atoms with E-state index in [1.165, 1.54) is 43.5 Å². The molecule has 2 rings (SSSR count). The van der Waals surface area contributed by atoms with Crippen molar-refractivity contribution in [3.05, 3.63) is 59.7 Å². The van der Waals surface area contributed by atoms with Gasteiger partial charge in [0.05, 0.1) is 11.3 Å². The summed E-state index contributed by atoms with van der Waals surface area (Å²) in [5.74, 6) is -1.63. The van der Waals surface area contributed by atoms with Crippen molar-refractivity contribution in [2.45, 2.75) is 6.92 Å². The first-order chi connectivity index (χ1) is 11.0. The van der Waals surface area contributed by atoms with E-state index in [9.17, 15) is 14.0 Å². The number of rotatable bonds is 4. The largest absolute Gasteiger partial charge is 0.478 e. The minimum atomic E-state index is -1.15. The van der Waals surface area contributed by atoms with Gasteiger partial charge in [-0.05, 0) is 37.3 Å². The van der Waals surface area contributed by atoms with Crippen molar-refractivity contribution in [2.24, 2.45) is 5.10 Å². The number of anilines is 1. The van der Waals surface area contributed by atoms with Crippen LogP contribution in [0.2, 0.25) is 0 Å². The number of carboxylic acids is 1. The fraction of sp³-hybridized carbons (Fsp3) is 0.0667.